The monoisotopic (exact) mass is 611 g/mol. The number of aryl methyl sites for hydroxylation is 1. The van der Waals surface area contributed by atoms with Crippen LogP contribution in [-0.2, 0) is 11.3 Å². The molecule has 0 spiro atoms. The van der Waals surface area contributed by atoms with Crippen LogP contribution < -0.4 is 30.3 Å². The number of carbonyl (C=O) groups excluding carboxylic acids is 2. The number of anilines is 5. The van der Waals surface area contributed by atoms with Crippen LogP contribution in [0, 0.1) is 6.92 Å². The van der Waals surface area contributed by atoms with Crippen LogP contribution in [0.5, 0.6) is 11.5 Å². The summed E-state index contributed by atoms with van der Waals surface area (Å²) in [5.74, 6) is 1.52. The van der Waals surface area contributed by atoms with E-state index in [0.717, 1.165) is 0 Å². The third-order valence-corrected chi connectivity index (χ3v) is 6.58. The number of rotatable bonds is 12. The largest absolute Gasteiger partial charge is 0.495 e. The number of aldehydes is 1. The molecule has 0 aliphatic heterocycles. The number of carbonyl (C=O) groups is 2. The first-order valence-corrected chi connectivity index (χ1v) is 13.1. The standard InChI is InChI=1S/C28H27Cl2N7O5/c1-16(14-38)12-31-19-7-5-6-8-20(19)34-23-11-24(33-15-32-23)37(13-18-9-17(2)36-42-18)28(39)35-27-25(29)21(40-3)10-22(41-4)26(27)30/h5-11,14-15,31H,1,12-13H2,2-4H3,(H,35,39)(H,32,33,34). The number of nitrogens with one attached hydrogen (secondary N) is 3. The third-order valence-electron chi connectivity index (χ3n) is 5.83. The SMILES string of the molecule is C=C(C=O)CNc1ccccc1Nc1cc(N(Cc2cc(C)no2)C(=O)Nc2c(Cl)c(OC)cc(OC)c2Cl)ncn1. The molecule has 218 valence electrons. The van der Waals surface area contributed by atoms with E-state index in [1.165, 1.54) is 31.5 Å². The first-order valence-electron chi connectivity index (χ1n) is 12.4. The minimum atomic E-state index is -0.637. The molecule has 0 atom stereocenters. The molecule has 0 fully saturated rings. The minimum Gasteiger partial charge on any atom is -0.495 e. The van der Waals surface area contributed by atoms with Crippen molar-refractivity contribution in [2.45, 2.75) is 13.5 Å². The van der Waals surface area contributed by atoms with Crippen molar-refractivity contribution in [2.24, 2.45) is 0 Å². The van der Waals surface area contributed by atoms with Crippen LogP contribution in [0.2, 0.25) is 10.0 Å². The zero-order chi connectivity index (χ0) is 30.2. The van der Waals surface area contributed by atoms with E-state index < -0.39 is 6.03 Å². The van der Waals surface area contributed by atoms with E-state index in [1.54, 1.807) is 19.1 Å². The highest BCUT2D eigenvalue weighted by Gasteiger charge is 2.25. The van der Waals surface area contributed by atoms with Crippen LogP contribution in [0.1, 0.15) is 11.5 Å². The number of halogens is 2. The molecule has 0 bridgehead atoms. The summed E-state index contributed by atoms with van der Waals surface area (Å²) in [6.45, 7) is 5.68. The number of urea groups is 1. The molecule has 2 heterocycles. The maximum absolute atomic E-state index is 13.8. The van der Waals surface area contributed by atoms with Crippen molar-refractivity contribution in [3.05, 3.63) is 82.4 Å². The highest BCUT2D eigenvalue weighted by atomic mass is 35.5. The van der Waals surface area contributed by atoms with Gasteiger partial charge in [-0.05, 0) is 19.1 Å². The van der Waals surface area contributed by atoms with Gasteiger partial charge in [0.05, 0.1) is 43.5 Å². The first kappa shape index (κ1) is 30.2. The van der Waals surface area contributed by atoms with Gasteiger partial charge in [-0.1, -0.05) is 47.1 Å². The van der Waals surface area contributed by atoms with Crippen molar-refractivity contribution in [3.8, 4) is 11.5 Å². The molecule has 2 aromatic heterocycles. The summed E-state index contributed by atoms with van der Waals surface area (Å²) in [4.78, 5) is 34.7. The van der Waals surface area contributed by atoms with Crippen LogP contribution in [0.15, 0.2) is 65.5 Å². The molecule has 4 rings (SSSR count). The molecular weight excluding hydrogens is 585 g/mol. The van der Waals surface area contributed by atoms with Gasteiger partial charge in [0.2, 0.25) is 0 Å². The Hall–Kier alpha value is -4.81. The number of amides is 2. The molecule has 14 heteroatoms. The van der Waals surface area contributed by atoms with E-state index in [0.29, 0.717) is 40.5 Å². The smallest absolute Gasteiger partial charge is 0.328 e. The van der Waals surface area contributed by atoms with E-state index >= 15 is 0 Å². The number of benzene rings is 2. The Morgan fingerprint density at radius 2 is 1.76 bits per heavy atom. The zero-order valence-electron chi connectivity index (χ0n) is 22.9. The molecule has 3 N–H and O–H groups in total. The maximum atomic E-state index is 13.8. The molecular formula is C28H27Cl2N7O5. The fourth-order valence-corrected chi connectivity index (χ4v) is 4.37. The van der Waals surface area contributed by atoms with E-state index in [1.807, 2.05) is 24.3 Å². The predicted octanol–water partition coefficient (Wildman–Crippen LogP) is 6.25. The molecule has 0 aliphatic rings. The lowest BCUT2D eigenvalue weighted by Crippen LogP contribution is -2.35. The van der Waals surface area contributed by atoms with Crippen molar-refractivity contribution in [1.29, 1.82) is 0 Å². The van der Waals surface area contributed by atoms with Crippen molar-refractivity contribution < 1.29 is 23.6 Å². The predicted molar refractivity (Wildman–Crippen MR) is 161 cm³/mol. The van der Waals surface area contributed by atoms with Crippen LogP contribution in [0.3, 0.4) is 0 Å². The van der Waals surface area contributed by atoms with Gasteiger partial charge in [0.1, 0.15) is 45.8 Å². The number of ether oxygens (including phenoxy) is 2. The van der Waals surface area contributed by atoms with E-state index in [4.69, 9.17) is 37.2 Å². The second kappa shape index (κ2) is 13.7. The topological polar surface area (TPSA) is 144 Å². The second-order valence-corrected chi connectivity index (χ2v) is 9.55. The average molecular weight is 612 g/mol. The maximum Gasteiger partial charge on any atom is 0.328 e. The first-order chi connectivity index (χ1) is 20.2. The molecule has 4 aromatic rings. The Morgan fingerprint density at radius 3 is 2.38 bits per heavy atom. The normalized spacial score (nSPS) is 10.5. The molecule has 2 amide bonds. The van der Waals surface area contributed by atoms with Crippen molar-refractivity contribution in [1.82, 2.24) is 15.1 Å². The van der Waals surface area contributed by atoms with Gasteiger partial charge in [0.25, 0.3) is 0 Å². The van der Waals surface area contributed by atoms with Crippen LogP contribution in [0.4, 0.5) is 33.5 Å². The van der Waals surface area contributed by atoms with Crippen LogP contribution >= 0.6 is 23.2 Å². The highest BCUT2D eigenvalue weighted by molar-refractivity contribution is 6.41. The van der Waals surface area contributed by atoms with Gasteiger partial charge in [-0.3, -0.25) is 9.69 Å². The average Bonchev–Trinajstić information content (AvgIpc) is 3.42. The molecule has 2 aromatic carbocycles. The fourth-order valence-electron chi connectivity index (χ4n) is 3.77. The quantitative estimate of drug-likeness (QED) is 0.124. The van der Waals surface area contributed by atoms with Gasteiger partial charge in [0.15, 0.2) is 5.76 Å². The third kappa shape index (κ3) is 7.09. The Bertz CT molecular complexity index is 1580. The molecule has 0 aliphatic carbocycles. The lowest BCUT2D eigenvalue weighted by atomic mass is 10.2. The number of nitrogens with zero attached hydrogens (tertiary/aromatic N) is 4. The summed E-state index contributed by atoms with van der Waals surface area (Å²) < 4.78 is 16.0. The van der Waals surface area contributed by atoms with Gasteiger partial charge < -0.3 is 29.9 Å². The zero-order valence-corrected chi connectivity index (χ0v) is 24.4. The van der Waals surface area contributed by atoms with Gasteiger partial charge >= 0.3 is 6.03 Å². The van der Waals surface area contributed by atoms with Gasteiger partial charge in [-0.15, -0.1) is 0 Å². The Labute approximate surface area is 251 Å². The second-order valence-electron chi connectivity index (χ2n) is 8.80. The molecule has 0 saturated carbocycles. The number of hydrogen-bond donors (Lipinski definition) is 3. The minimum absolute atomic E-state index is 0.0363. The number of para-hydroxylation sites is 2. The summed E-state index contributed by atoms with van der Waals surface area (Å²) in [5, 5.41) is 13.2. The molecule has 42 heavy (non-hydrogen) atoms. The summed E-state index contributed by atoms with van der Waals surface area (Å²) >= 11 is 13.0. The lowest BCUT2D eigenvalue weighted by Gasteiger charge is -2.23. The van der Waals surface area contributed by atoms with E-state index in [9.17, 15) is 9.59 Å². The van der Waals surface area contributed by atoms with Gasteiger partial charge in [-0.2, -0.15) is 0 Å². The molecule has 12 nitrogen and oxygen atoms in total. The van der Waals surface area contributed by atoms with Crippen molar-refractivity contribution in [3.63, 3.8) is 0 Å². The van der Waals surface area contributed by atoms with Gasteiger partial charge in [-0.25, -0.2) is 14.8 Å². The van der Waals surface area contributed by atoms with Crippen molar-refractivity contribution >= 4 is 64.2 Å². The number of methoxy groups -OCH3 is 2. The summed E-state index contributed by atoms with van der Waals surface area (Å²) in [6, 6.07) is 11.5. The Balaban J connectivity index is 1.67. The summed E-state index contributed by atoms with van der Waals surface area (Å²) in [5.41, 5.74) is 2.50. The van der Waals surface area contributed by atoms with Crippen LogP contribution in [-0.4, -0.2) is 48.2 Å². The Morgan fingerprint density at radius 1 is 1.07 bits per heavy atom. The van der Waals surface area contributed by atoms with Crippen molar-refractivity contribution in [2.75, 3.05) is 41.6 Å². The summed E-state index contributed by atoms with van der Waals surface area (Å²) in [7, 11) is 2.86. The van der Waals surface area contributed by atoms with Gasteiger partial charge in [0, 0.05) is 30.3 Å². The Kier molecular flexibility index (Phi) is 9.84. The fraction of sp³-hybridized carbons (Fsp3) is 0.179. The highest BCUT2D eigenvalue weighted by Crippen LogP contribution is 2.44. The number of hydrogen-bond acceptors (Lipinski definition) is 10. The molecule has 0 radical (unpaired) electrons. The number of aromatic nitrogens is 3. The van der Waals surface area contributed by atoms with E-state index in [2.05, 4.69) is 37.7 Å². The van der Waals surface area contributed by atoms with E-state index in [-0.39, 0.29) is 46.1 Å². The molecule has 0 unspecified atom stereocenters. The summed E-state index contributed by atoms with van der Waals surface area (Å²) in [6.07, 6.45) is 2.00. The van der Waals surface area contributed by atoms with Crippen LogP contribution in [0.25, 0.3) is 0 Å². The molecule has 0 saturated heterocycles. The lowest BCUT2D eigenvalue weighted by molar-refractivity contribution is -0.104.